The predicted molar refractivity (Wildman–Crippen MR) is 96.8 cm³/mol. The number of likely N-dealkylation sites (tertiary alicyclic amines) is 1. The molecule has 2 fully saturated rings. The molecule has 0 aromatic carbocycles. The number of hydrogen-bond donors (Lipinski definition) is 2. The number of nitrogen functional groups attached to an aromatic ring is 1. The van der Waals surface area contributed by atoms with Gasteiger partial charge in [-0.1, -0.05) is 19.3 Å². The summed E-state index contributed by atoms with van der Waals surface area (Å²) in [6.07, 6.45) is 9.86. The number of halogens is 1. The molecule has 1 amide bonds. The van der Waals surface area contributed by atoms with Crippen LogP contribution in [-0.2, 0) is 11.3 Å². The van der Waals surface area contributed by atoms with Crippen molar-refractivity contribution >= 4 is 34.8 Å². The Morgan fingerprint density at radius 2 is 1.96 bits per heavy atom. The molecule has 0 unspecified atom stereocenters. The minimum Gasteiger partial charge on any atom is -0.375 e. The Bertz CT molecular complexity index is 496. The molecular formula is C16H27ClN4OS. The fraction of sp³-hybridized carbons (Fsp3) is 0.750. The number of nitrogens with zero attached hydrogens (tertiary/aromatic N) is 2. The van der Waals surface area contributed by atoms with Gasteiger partial charge in [-0.2, -0.15) is 0 Å². The molecule has 0 bridgehead atoms. The number of nitrogens with two attached hydrogens (primary N) is 1. The summed E-state index contributed by atoms with van der Waals surface area (Å²) in [5, 5.41) is 3.92. The minimum absolute atomic E-state index is 0. The van der Waals surface area contributed by atoms with Gasteiger partial charge in [-0.15, -0.1) is 23.7 Å². The lowest BCUT2D eigenvalue weighted by Crippen LogP contribution is -2.46. The van der Waals surface area contributed by atoms with E-state index in [4.69, 9.17) is 5.73 Å². The molecule has 0 atom stereocenters. The second-order valence-electron chi connectivity index (χ2n) is 6.56. The van der Waals surface area contributed by atoms with Crippen molar-refractivity contribution in [3.63, 3.8) is 0 Å². The maximum Gasteiger partial charge on any atom is 0.223 e. The number of thiazole rings is 1. The molecule has 7 heteroatoms. The number of carbonyl (C=O) groups is 1. The van der Waals surface area contributed by atoms with Crippen molar-refractivity contribution in [3.8, 4) is 0 Å². The van der Waals surface area contributed by atoms with Crippen molar-refractivity contribution in [2.45, 2.75) is 57.5 Å². The molecule has 0 radical (unpaired) electrons. The molecular weight excluding hydrogens is 332 g/mol. The Hall–Kier alpha value is -0.850. The Kier molecular flexibility index (Phi) is 7.11. The number of rotatable bonds is 4. The van der Waals surface area contributed by atoms with Crippen molar-refractivity contribution in [2.75, 3.05) is 18.8 Å². The Morgan fingerprint density at radius 3 is 2.57 bits per heavy atom. The average Bonchev–Trinajstić information content (AvgIpc) is 2.95. The van der Waals surface area contributed by atoms with Gasteiger partial charge in [0.1, 0.15) is 0 Å². The molecule has 1 aliphatic heterocycles. The molecule has 5 nitrogen and oxygen atoms in total. The second kappa shape index (κ2) is 8.85. The SMILES string of the molecule is Cl.Nc1ncc(CN2CCC(NC(=O)C3CCCCC3)CC2)s1. The number of amides is 1. The van der Waals surface area contributed by atoms with Crippen LogP contribution in [0.3, 0.4) is 0 Å². The fourth-order valence-corrected chi connectivity index (χ4v) is 4.26. The molecule has 1 saturated heterocycles. The standard InChI is InChI=1S/C16H26N4OS.ClH/c17-16-18-10-14(22-16)11-20-8-6-13(7-9-20)19-15(21)12-4-2-1-3-5-12;/h10,12-13H,1-9,11H2,(H2,17,18)(H,19,21);1H. The van der Waals surface area contributed by atoms with E-state index in [0.717, 1.165) is 45.3 Å². The third kappa shape index (κ3) is 5.33. The molecule has 130 valence electrons. The number of nitrogens with one attached hydrogen (secondary N) is 1. The van der Waals surface area contributed by atoms with Crippen molar-refractivity contribution in [2.24, 2.45) is 5.92 Å². The topological polar surface area (TPSA) is 71.2 Å². The van der Waals surface area contributed by atoms with Gasteiger partial charge in [0.05, 0.1) is 0 Å². The first-order valence-electron chi connectivity index (χ1n) is 8.43. The second-order valence-corrected chi connectivity index (χ2v) is 7.71. The van der Waals surface area contributed by atoms with Crippen LogP contribution in [0, 0.1) is 5.92 Å². The molecule has 2 heterocycles. The zero-order chi connectivity index (χ0) is 15.4. The highest BCUT2D eigenvalue weighted by Crippen LogP contribution is 2.24. The number of carbonyl (C=O) groups excluding carboxylic acids is 1. The minimum atomic E-state index is 0. The number of hydrogen-bond acceptors (Lipinski definition) is 5. The largest absolute Gasteiger partial charge is 0.375 e. The summed E-state index contributed by atoms with van der Waals surface area (Å²) >= 11 is 1.57. The summed E-state index contributed by atoms with van der Waals surface area (Å²) in [6.45, 7) is 3.00. The number of aromatic nitrogens is 1. The third-order valence-electron chi connectivity index (χ3n) is 4.86. The van der Waals surface area contributed by atoms with Gasteiger partial charge < -0.3 is 11.1 Å². The van der Waals surface area contributed by atoms with Gasteiger partial charge in [-0.05, 0) is 25.7 Å². The Morgan fingerprint density at radius 1 is 1.26 bits per heavy atom. The molecule has 3 N–H and O–H groups in total. The van der Waals surface area contributed by atoms with E-state index in [9.17, 15) is 4.79 Å². The lowest BCUT2D eigenvalue weighted by molar-refractivity contribution is -0.127. The molecule has 0 spiro atoms. The first-order chi connectivity index (χ1) is 10.7. The van der Waals surface area contributed by atoms with Gasteiger partial charge in [0.15, 0.2) is 5.13 Å². The number of piperidine rings is 1. The van der Waals surface area contributed by atoms with Crippen LogP contribution >= 0.6 is 23.7 Å². The van der Waals surface area contributed by atoms with Crippen LogP contribution in [0.15, 0.2) is 6.20 Å². The van der Waals surface area contributed by atoms with Crippen molar-refractivity contribution < 1.29 is 4.79 Å². The van der Waals surface area contributed by atoms with E-state index in [0.29, 0.717) is 17.1 Å². The van der Waals surface area contributed by atoms with Crippen LogP contribution in [0.5, 0.6) is 0 Å². The van der Waals surface area contributed by atoms with Gasteiger partial charge in [-0.3, -0.25) is 9.69 Å². The van der Waals surface area contributed by atoms with E-state index in [1.807, 2.05) is 6.20 Å². The van der Waals surface area contributed by atoms with Gasteiger partial charge in [0.25, 0.3) is 0 Å². The van der Waals surface area contributed by atoms with Crippen LogP contribution in [-0.4, -0.2) is 34.9 Å². The zero-order valence-corrected chi connectivity index (χ0v) is 15.1. The quantitative estimate of drug-likeness (QED) is 0.868. The van der Waals surface area contributed by atoms with Gasteiger partial charge in [-0.25, -0.2) is 4.98 Å². The monoisotopic (exact) mass is 358 g/mol. The van der Waals surface area contributed by atoms with E-state index >= 15 is 0 Å². The Labute approximate surface area is 148 Å². The van der Waals surface area contributed by atoms with Crippen molar-refractivity contribution in [3.05, 3.63) is 11.1 Å². The van der Waals surface area contributed by atoms with Crippen LogP contribution in [0.2, 0.25) is 0 Å². The Balaban J connectivity index is 0.00000192. The van der Waals surface area contributed by atoms with E-state index in [1.165, 1.54) is 24.1 Å². The van der Waals surface area contributed by atoms with E-state index in [1.54, 1.807) is 11.3 Å². The predicted octanol–water partition coefficient (Wildman–Crippen LogP) is 2.81. The molecule has 3 rings (SSSR count). The summed E-state index contributed by atoms with van der Waals surface area (Å²) < 4.78 is 0. The van der Waals surface area contributed by atoms with E-state index in [2.05, 4.69) is 15.2 Å². The van der Waals surface area contributed by atoms with Crippen LogP contribution in [0.1, 0.15) is 49.8 Å². The summed E-state index contributed by atoms with van der Waals surface area (Å²) in [5.41, 5.74) is 5.67. The van der Waals surface area contributed by atoms with Crippen molar-refractivity contribution in [1.82, 2.24) is 15.2 Å². The van der Waals surface area contributed by atoms with Gasteiger partial charge in [0.2, 0.25) is 5.91 Å². The smallest absolute Gasteiger partial charge is 0.223 e. The van der Waals surface area contributed by atoms with Gasteiger partial charge >= 0.3 is 0 Å². The summed E-state index contributed by atoms with van der Waals surface area (Å²) in [4.78, 5) is 20.0. The lowest BCUT2D eigenvalue weighted by Gasteiger charge is -2.33. The molecule has 1 aliphatic carbocycles. The first-order valence-corrected chi connectivity index (χ1v) is 9.25. The van der Waals surface area contributed by atoms with Crippen molar-refractivity contribution in [1.29, 1.82) is 0 Å². The highest BCUT2D eigenvalue weighted by Gasteiger charge is 2.25. The van der Waals surface area contributed by atoms with Crippen LogP contribution in [0.4, 0.5) is 5.13 Å². The zero-order valence-electron chi connectivity index (χ0n) is 13.5. The molecule has 1 aromatic rings. The lowest BCUT2D eigenvalue weighted by atomic mass is 9.88. The van der Waals surface area contributed by atoms with Crippen LogP contribution in [0.25, 0.3) is 0 Å². The summed E-state index contributed by atoms with van der Waals surface area (Å²) in [7, 11) is 0. The van der Waals surface area contributed by atoms with E-state index in [-0.39, 0.29) is 18.3 Å². The summed E-state index contributed by atoms with van der Waals surface area (Å²) in [5.74, 6) is 0.570. The molecule has 2 aliphatic rings. The highest BCUT2D eigenvalue weighted by atomic mass is 35.5. The number of anilines is 1. The summed E-state index contributed by atoms with van der Waals surface area (Å²) in [6, 6.07) is 0.359. The van der Waals surface area contributed by atoms with Crippen LogP contribution < -0.4 is 11.1 Å². The van der Waals surface area contributed by atoms with E-state index < -0.39 is 0 Å². The highest BCUT2D eigenvalue weighted by molar-refractivity contribution is 7.15. The van der Waals surface area contributed by atoms with Gasteiger partial charge in [0, 0.05) is 42.7 Å². The normalized spacial score (nSPS) is 20.9. The maximum atomic E-state index is 12.3. The third-order valence-corrected chi connectivity index (χ3v) is 5.67. The average molecular weight is 359 g/mol. The molecule has 1 saturated carbocycles. The fourth-order valence-electron chi connectivity index (χ4n) is 3.54. The molecule has 23 heavy (non-hydrogen) atoms. The maximum absolute atomic E-state index is 12.3. The first kappa shape index (κ1) is 18.5. The molecule has 1 aromatic heterocycles.